The van der Waals surface area contributed by atoms with Crippen LogP contribution in [0.15, 0.2) is 35.1 Å². The van der Waals surface area contributed by atoms with Crippen molar-refractivity contribution >= 4 is 15.9 Å². The van der Waals surface area contributed by atoms with E-state index in [1.807, 2.05) is 22.9 Å². The maximum atomic E-state index is 5.18. The largest absolute Gasteiger partial charge is 0.468 e. The summed E-state index contributed by atoms with van der Waals surface area (Å²) >= 11 is 3.33. The minimum Gasteiger partial charge on any atom is -0.468 e. The van der Waals surface area contributed by atoms with Gasteiger partial charge in [0.15, 0.2) is 0 Å². The van der Waals surface area contributed by atoms with E-state index in [4.69, 9.17) is 4.74 Å². The molecule has 1 heterocycles. The third-order valence-electron chi connectivity index (χ3n) is 2.11. The van der Waals surface area contributed by atoms with Crippen LogP contribution in [0.1, 0.15) is 5.56 Å². The Morgan fingerprint density at radius 1 is 1.40 bits per heavy atom. The van der Waals surface area contributed by atoms with Gasteiger partial charge in [0.05, 0.1) is 12.8 Å². The Balaban J connectivity index is 2.53. The summed E-state index contributed by atoms with van der Waals surface area (Å²) < 4.78 is 7.85. The van der Waals surface area contributed by atoms with Crippen molar-refractivity contribution in [2.75, 3.05) is 7.11 Å². The SMILES string of the molecule is COc1nc(Br)cn1-c1cccc(C)c1. The number of aryl methyl sites for hydroxylation is 1. The molecule has 1 aromatic carbocycles. The summed E-state index contributed by atoms with van der Waals surface area (Å²) in [6.07, 6.45) is 1.88. The first-order valence-corrected chi connectivity index (χ1v) is 5.36. The van der Waals surface area contributed by atoms with Gasteiger partial charge in [-0.15, -0.1) is 0 Å². The van der Waals surface area contributed by atoms with Crippen molar-refractivity contribution in [3.8, 4) is 11.7 Å². The van der Waals surface area contributed by atoms with Gasteiger partial charge in [-0.2, -0.15) is 4.98 Å². The minimum absolute atomic E-state index is 0.576. The maximum Gasteiger partial charge on any atom is 0.301 e. The third kappa shape index (κ3) is 2.04. The fourth-order valence-corrected chi connectivity index (χ4v) is 1.80. The first-order chi connectivity index (χ1) is 7.20. The Labute approximate surface area is 96.8 Å². The Morgan fingerprint density at radius 3 is 2.87 bits per heavy atom. The molecule has 3 nitrogen and oxygen atoms in total. The van der Waals surface area contributed by atoms with Gasteiger partial charge >= 0.3 is 6.01 Å². The van der Waals surface area contributed by atoms with E-state index in [1.165, 1.54) is 5.56 Å². The third-order valence-corrected chi connectivity index (χ3v) is 2.49. The zero-order valence-corrected chi connectivity index (χ0v) is 10.2. The second kappa shape index (κ2) is 4.06. The van der Waals surface area contributed by atoms with Gasteiger partial charge in [-0.3, -0.25) is 4.57 Å². The van der Waals surface area contributed by atoms with Crippen LogP contribution in [-0.4, -0.2) is 16.7 Å². The Kier molecular flexibility index (Phi) is 2.77. The van der Waals surface area contributed by atoms with Crippen LogP contribution < -0.4 is 4.74 Å². The molecule has 2 aromatic rings. The number of benzene rings is 1. The lowest BCUT2D eigenvalue weighted by molar-refractivity contribution is 0.373. The van der Waals surface area contributed by atoms with Crippen LogP contribution in [0.2, 0.25) is 0 Å². The summed E-state index contributed by atoms with van der Waals surface area (Å²) in [5, 5.41) is 0. The Hall–Kier alpha value is -1.29. The van der Waals surface area contributed by atoms with Gasteiger partial charge in [0, 0.05) is 6.20 Å². The average molecular weight is 267 g/mol. The molecular weight excluding hydrogens is 256 g/mol. The van der Waals surface area contributed by atoms with Gasteiger partial charge in [-0.1, -0.05) is 12.1 Å². The molecule has 0 radical (unpaired) electrons. The topological polar surface area (TPSA) is 27.1 Å². The number of methoxy groups -OCH3 is 1. The molecule has 0 aliphatic carbocycles. The average Bonchev–Trinajstić information content (AvgIpc) is 2.59. The van der Waals surface area contributed by atoms with Crippen LogP contribution >= 0.6 is 15.9 Å². The zero-order valence-electron chi connectivity index (χ0n) is 8.57. The number of hydrogen-bond donors (Lipinski definition) is 0. The smallest absolute Gasteiger partial charge is 0.301 e. The molecule has 2 rings (SSSR count). The van der Waals surface area contributed by atoms with Gasteiger partial charge in [-0.05, 0) is 40.5 Å². The van der Waals surface area contributed by atoms with Crippen LogP contribution in [0.4, 0.5) is 0 Å². The van der Waals surface area contributed by atoms with Gasteiger partial charge in [0.25, 0.3) is 0 Å². The van der Waals surface area contributed by atoms with E-state index >= 15 is 0 Å². The molecule has 78 valence electrons. The summed E-state index contributed by atoms with van der Waals surface area (Å²) in [5.41, 5.74) is 2.25. The molecular formula is C11H11BrN2O. The highest BCUT2D eigenvalue weighted by atomic mass is 79.9. The van der Waals surface area contributed by atoms with Crippen molar-refractivity contribution in [3.05, 3.63) is 40.6 Å². The highest BCUT2D eigenvalue weighted by Gasteiger charge is 2.07. The zero-order chi connectivity index (χ0) is 10.8. The normalized spacial score (nSPS) is 10.3. The van der Waals surface area contributed by atoms with E-state index in [1.54, 1.807) is 7.11 Å². The molecule has 0 aliphatic rings. The van der Waals surface area contributed by atoms with E-state index in [-0.39, 0.29) is 0 Å². The van der Waals surface area contributed by atoms with Crippen LogP contribution in [0.5, 0.6) is 6.01 Å². The predicted molar refractivity (Wildman–Crippen MR) is 62.6 cm³/mol. The van der Waals surface area contributed by atoms with E-state index in [0.717, 1.165) is 10.3 Å². The lowest BCUT2D eigenvalue weighted by Gasteiger charge is -2.06. The first-order valence-electron chi connectivity index (χ1n) is 4.56. The van der Waals surface area contributed by atoms with E-state index in [0.29, 0.717) is 6.01 Å². The van der Waals surface area contributed by atoms with Crippen LogP contribution in [0.3, 0.4) is 0 Å². The Morgan fingerprint density at radius 2 is 2.20 bits per heavy atom. The number of rotatable bonds is 2. The summed E-state index contributed by atoms with van der Waals surface area (Å²) in [5.74, 6) is 0. The number of hydrogen-bond acceptors (Lipinski definition) is 2. The fraction of sp³-hybridized carbons (Fsp3) is 0.182. The monoisotopic (exact) mass is 266 g/mol. The summed E-state index contributed by atoms with van der Waals surface area (Å²) in [7, 11) is 1.61. The van der Waals surface area contributed by atoms with Crippen molar-refractivity contribution in [2.45, 2.75) is 6.92 Å². The molecule has 15 heavy (non-hydrogen) atoms. The van der Waals surface area contributed by atoms with Crippen molar-refractivity contribution in [1.82, 2.24) is 9.55 Å². The predicted octanol–water partition coefficient (Wildman–Crippen LogP) is 2.95. The van der Waals surface area contributed by atoms with Gasteiger partial charge in [0.2, 0.25) is 0 Å². The maximum absolute atomic E-state index is 5.18. The van der Waals surface area contributed by atoms with E-state index in [9.17, 15) is 0 Å². The lowest BCUT2D eigenvalue weighted by atomic mass is 10.2. The summed E-state index contributed by atoms with van der Waals surface area (Å²) in [6, 6.07) is 8.74. The molecule has 0 aliphatic heterocycles. The number of aromatic nitrogens is 2. The van der Waals surface area contributed by atoms with Crippen molar-refractivity contribution in [3.63, 3.8) is 0 Å². The summed E-state index contributed by atoms with van der Waals surface area (Å²) in [4.78, 5) is 4.19. The van der Waals surface area contributed by atoms with Crippen LogP contribution in [0, 0.1) is 6.92 Å². The van der Waals surface area contributed by atoms with E-state index in [2.05, 4.69) is 40.0 Å². The van der Waals surface area contributed by atoms with E-state index < -0.39 is 0 Å². The molecule has 0 saturated heterocycles. The number of nitrogens with zero attached hydrogens (tertiary/aromatic N) is 2. The van der Waals surface area contributed by atoms with Gasteiger partial charge in [-0.25, -0.2) is 0 Å². The lowest BCUT2D eigenvalue weighted by Crippen LogP contribution is -1.97. The number of imidazole rings is 1. The molecule has 0 spiro atoms. The fourth-order valence-electron chi connectivity index (χ4n) is 1.44. The van der Waals surface area contributed by atoms with Crippen molar-refractivity contribution in [1.29, 1.82) is 0 Å². The molecule has 4 heteroatoms. The molecule has 0 bridgehead atoms. The molecule has 0 saturated carbocycles. The molecule has 0 amide bonds. The number of halogens is 1. The van der Waals surface area contributed by atoms with Crippen LogP contribution in [-0.2, 0) is 0 Å². The second-order valence-corrected chi connectivity index (χ2v) is 4.07. The first kappa shape index (κ1) is 10.2. The standard InChI is InChI=1S/C11H11BrN2O/c1-8-4-3-5-9(6-8)14-7-10(12)13-11(14)15-2/h3-7H,1-2H3. The van der Waals surface area contributed by atoms with Crippen LogP contribution in [0.25, 0.3) is 5.69 Å². The highest BCUT2D eigenvalue weighted by Crippen LogP contribution is 2.21. The minimum atomic E-state index is 0.576. The number of ether oxygens (including phenoxy) is 1. The van der Waals surface area contributed by atoms with Gasteiger partial charge < -0.3 is 4.74 Å². The quantitative estimate of drug-likeness (QED) is 0.836. The molecule has 0 unspecified atom stereocenters. The molecule has 1 aromatic heterocycles. The molecule has 0 N–H and O–H groups in total. The molecule has 0 atom stereocenters. The molecule has 0 fully saturated rings. The van der Waals surface area contributed by atoms with Crippen molar-refractivity contribution < 1.29 is 4.74 Å². The van der Waals surface area contributed by atoms with Gasteiger partial charge in [0.1, 0.15) is 4.60 Å². The summed E-state index contributed by atoms with van der Waals surface area (Å²) in [6.45, 7) is 2.06. The highest BCUT2D eigenvalue weighted by molar-refractivity contribution is 9.10. The second-order valence-electron chi connectivity index (χ2n) is 3.26. The Bertz CT molecular complexity index is 479. The van der Waals surface area contributed by atoms with Crippen molar-refractivity contribution in [2.24, 2.45) is 0 Å².